The Balaban J connectivity index is 1.27. The van der Waals surface area contributed by atoms with Crippen LogP contribution in [0.3, 0.4) is 0 Å². The predicted molar refractivity (Wildman–Crippen MR) is 144 cm³/mol. The monoisotopic (exact) mass is 468 g/mol. The Bertz CT molecular complexity index is 1070. The summed E-state index contributed by atoms with van der Waals surface area (Å²) in [6.07, 6.45) is 9.61. The molecule has 4 unspecified atom stereocenters. The van der Waals surface area contributed by atoms with Crippen molar-refractivity contribution in [1.29, 1.82) is 0 Å². The maximum Gasteiger partial charge on any atom is 0.0450 e. The standard InChI is InChI=1S/C31H40N4/c1-3-24-18-34-13-11-32-16-22-9-7-20(28(30(22)34)26(24)5-1)15-21-8-10-23-17-33-12-14-35-19-25-4-2-6-27(25)29(21)31(23)35/h7-10,24-27,32-33H,1-6,11-19H2. The minimum atomic E-state index is 0.784. The fraction of sp³-hybridized carbons (Fsp3) is 0.613. The van der Waals surface area contributed by atoms with Crippen molar-refractivity contribution in [1.82, 2.24) is 10.6 Å². The molecule has 2 aliphatic carbocycles. The number of fused-ring (bicyclic) bond motifs is 4. The Morgan fingerprint density at radius 3 is 1.69 bits per heavy atom. The zero-order valence-corrected chi connectivity index (χ0v) is 21.1. The van der Waals surface area contributed by atoms with E-state index in [1.807, 2.05) is 0 Å². The molecule has 4 atom stereocenters. The SMILES string of the molecule is c1cc2c3c(c1Cc1ccc4c5c1C1CCCC1CN5CCNC4)C1CCCC1CN3CCNC2. The molecule has 0 bridgehead atoms. The lowest BCUT2D eigenvalue weighted by molar-refractivity contribution is 0.449. The van der Waals surface area contributed by atoms with Crippen molar-refractivity contribution in [3.63, 3.8) is 0 Å². The van der Waals surface area contributed by atoms with E-state index in [4.69, 9.17) is 0 Å². The number of hydrogen-bond donors (Lipinski definition) is 2. The molecule has 8 rings (SSSR count). The molecule has 0 aromatic heterocycles. The van der Waals surface area contributed by atoms with E-state index in [9.17, 15) is 0 Å². The topological polar surface area (TPSA) is 30.5 Å². The first-order valence-electron chi connectivity index (χ1n) is 14.6. The van der Waals surface area contributed by atoms with Crippen molar-refractivity contribution in [2.75, 3.05) is 49.1 Å². The summed E-state index contributed by atoms with van der Waals surface area (Å²) in [5.74, 6) is 3.29. The van der Waals surface area contributed by atoms with Crippen molar-refractivity contribution >= 4 is 11.4 Å². The van der Waals surface area contributed by atoms with Gasteiger partial charge in [-0.1, -0.05) is 37.1 Å². The zero-order valence-electron chi connectivity index (χ0n) is 21.1. The molecule has 35 heavy (non-hydrogen) atoms. The summed E-state index contributed by atoms with van der Waals surface area (Å²) in [4.78, 5) is 5.53. The molecule has 2 fully saturated rings. The number of nitrogens with one attached hydrogen (secondary N) is 2. The summed E-state index contributed by atoms with van der Waals surface area (Å²) in [6.45, 7) is 9.20. The summed E-state index contributed by atoms with van der Waals surface area (Å²) in [6, 6.07) is 10.0. The lowest BCUT2D eigenvalue weighted by Crippen LogP contribution is -2.39. The van der Waals surface area contributed by atoms with Gasteiger partial charge in [-0.05, 0) is 89.2 Å². The van der Waals surface area contributed by atoms with E-state index in [0.29, 0.717) is 0 Å². The summed E-state index contributed by atoms with van der Waals surface area (Å²) in [5.41, 5.74) is 13.1. The van der Waals surface area contributed by atoms with Crippen LogP contribution in [0.2, 0.25) is 0 Å². The Labute approximate surface area is 210 Å². The van der Waals surface area contributed by atoms with Gasteiger partial charge in [0.25, 0.3) is 0 Å². The van der Waals surface area contributed by atoms with Gasteiger partial charge in [0.05, 0.1) is 0 Å². The first-order valence-corrected chi connectivity index (χ1v) is 14.6. The molecule has 0 amide bonds. The molecule has 0 saturated heterocycles. The van der Waals surface area contributed by atoms with Crippen LogP contribution < -0.4 is 20.4 Å². The van der Waals surface area contributed by atoms with Crippen LogP contribution in [0, 0.1) is 11.8 Å². The van der Waals surface area contributed by atoms with Crippen LogP contribution in [0.4, 0.5) is 11.4 Å². The van der Waals surface area contributed by atoms with Gasteiger partial charge < -0.3 is 20.4 Å². The third-order valence-corrected chi connectivity index (χ3v) is 10.5. The van der Waals surface area contributed by atoms with Gasteiger partial charge in [-0.3, -0.25) is 0 Å². The van der Waals surface area contributed by atoms with E-state index >= 15 is 0 Å². The van der Waals surface area contributed by atoms with Gasteiger partial charge in [0.15, 0.2) is 0 Å². The average Bonchev–Trinajstić information content (AvgIpc) is 3.44. The van der Waals surface area contributed by atoms with Crippen molar-refractivity contribution in [3.05, 3.63) is 57.6 Å². The Kier molecular flexibility index (Phi) is 4.97. The molecule has 0 spiro atoms. The number of rotatable bonds is 2. The van der Waals surface area contributed by atoms with Crippen LogP contribution in [0.1, 0.15) is 83.7 Å². The molecule has 2 N–H and O–H groups in total. The fourth-order valence-electron chi connectivity index (χ4n) is 9.06. The molecular formula is C31H40N4. The largest absolute Gasteiger partial charge is 0.369 e. The number of nitrogens with zero attached hydrogens (tertiary/aromatic N) is 2. The van der Waals surface area contributed by atoms with Crippen molar-refractivity contribution in [2.45, 2.75) is 69.9 Å². The Hall–Kier alpha value is -2.04. The third kappa shape index (κ3) is 3.25. The maximum absolute atomic E-state index is 3.70. The third-order valence-electron chi connectivity index (χ3n) is 10.5. The molecular weight excluding hydrogens is 428 g/mol. The minimum Gasteiger partial charge on any atom is -0.369 e. The van der Waals surface area contributed by atoms with Gasteiger partial charge in [0, 0.05) is 63.7 Å². The normalized spacial score (nSPS) is 30.7. The second kappa shape index (κ2) is 8.24. The average molecular weight is 469 g/mol. The maximum atomic E-state index is 3.70. The molecule has 0 radical (unpaired) electrons. The molecule has 4 heterocycles. The summed E-state index contributed by atoms with van der Waals surface area (Å²) < 4.78 is 0. The highest BCUT2D eigenvalue weighted by Crippen LogP contribution is 2.53. The number of benzene rings is 2. The van der Waals surface area contributed by atoms with Gasteiger partial charge >= 0.3 is 0 Å². The lowest BCUT2D eigenvalue weighted by atomic mass is 9.76. The van der Waals surface area contributed by atoms with Crippen LogP contribution in [-0.2, 0) is 19.5 Å². The fourth-order valence-corrected chi connectivity index (χ4v) is 9.06. The molecule has 2 aromatic rings. The zero-order chi connectivity index (χ0) is 22.9. The van der Waals surface area contributed by atoms with Crippen LogP contribution in [0.5, 0.6) is 0 Å². The second-order valence-electron chi connectivity index (χ2n) is 12.3. The number of hydrogen-bond acceptors (Lipinski definition) is 4. The predicted octanol–water partition coefficient (Wildman–Crippen LogP) is 4.89. The first kappa shape index (κ1) is 21.1. The van der Waals surface area contributed by atoms with Gasteiger partial charge in [0.2, 0.25) is 0 Å². The smallest absolute Gasteiger partial charge is 0.0450 e. The molecule has 4 heteroatoms. The first-order chi connectivity index (χ1) is 17.3. The molecule has 2 saturated carbocycles. The van der Waals surface area contributed by atoms with Crippen molar-refractivity contribution in [3.8, 4) is 0 Å². The molecule has 184 valence electrons. The van der Waals surface area contributed by atoms with E-state index in [0.717, 1.165) is 56.3 Å². The van der Waals surface area contributed by atoms with Crippen LogP contribution >= 0.6 is 0 Å². The second-order valence-corrected chi connectivity index (χ2v) is 12.3. The van der Waals surface area contributed by atoms with Gasteiger partial charge in [-0.2, -0.15) is 0 Å². The minimum absolute atomic E-state index is 0.784. The highest BCUT2D eigenvalue weighted by molar-refractivity contribution is 5.70. The van der Waals surface area contributed by atoms with Crippen molar-refractivity contribution < 1.29 is 0 Å². The molecule has 4 nitrogen and oxygen atoms in total. The Morgan fingerprint density at radius 1 is 0.657 bits per heavy atom. The van der Waals surface area contributed by atoms with Crippen molar-refractivity contribution in [2.24, 2.45) is 11.8 Å². The van der Waals surface area contributed by atoms with Gasteiger partial charge in [-0.25, -0.2) is 0 Å². The number of anilines is 2. The quantitative estimate of drug-likeness (QED) is 0.657. The van der Waals surface area contributed by atoms with Crippen LogP contribution in [0.25, 0.3) is 0 Å². The molecule has 6 aliphatic rings. The highest BCUT2D eigenvalue weighted by atomic mass is 15.2. The van der Waals surface area contributed by atoms with E-state index in [-0.39, 0.29) is 0 Å². The molecule has 4 aliphatic heterocycles. The van der Waals surface area contributed by atoms with Crippen LogP contribution in [-0.4, -0.2) is 39.3 Å². The molecule has 2 aromatic carbocycles. The van der Waals surface area contributed by atoms with E-state index in [2.05, 4.69) is 44.7 Å². The summed E-state index contributed by atoms with van der Waals surface area (Å²) in [5, 5.41) is 7.40. The summed E-state index contributed by atoms with van der Waals surface area (Å²) >= 11 is 0. The van der Waals surface area contributed by atoms with Gasteiger partial charge in [-0.15, -0.1) is 0 Å². The van der Waals surface area contributed by atoms with Crippen LogP contribution in [0.15, 0.2) is 24.3 Å². The van der Waals surface area contributed by atoms with E-state index in [1.54, 1.807) is 44.8 Å². The van der Waals surface area contributed by atoms with E-state index in [1.165, 1.54) is 64.7 Å². The summed E-state index contributed by atoms with van der Waals surface area (Å²) in [7, 11) is 0. The Morgan fingerprint density at radius 2 is 1.17 bits per heavy atom. The van der Waals surface area contributed by atoms with E-state index < -0.39 is 0 Å². The highest BCUT2D eigenvalue weighted by Gasteiger charge is 2.42. The lowest BCUT2D eigenvalue weighted by Gasteiger charge is -2.41. The van der Waals surface area contributed by atoms with Gasteiger partial charge in [0.1, 0.15) is 0 Å².